The summed E-state index contributed by atoms with van der Waals surface area (Å²) in [5, 5.41) is 17.0. The summed E-state index contributed by atoms with van der Waals surface area (Å²) >= 11 is 0. The molecule has 0 saturated carbocycles. The minimum Gasteiger partial charge on any atom is -0.455 e. The van der Waals surface area contributed by atoms with Crippen LogP contribution in [0.3, 0.4) is 0 Å². The Labute approximate surface area is 154 Å². The van der Waals surface area contributed by atoms with Crippen LogP contribution in [0.25, 0.3) is 11.3 Å². The maximum atomic E-state index is 11.6. The maximum absolute atomic E-state index is 11.6. The Balaban J connectivity index is 1.88. The molecule has 10 nitrogen and oxygen atoms in total. The van der Waals surface area contributed by atoms with E-state index in [2.05, 4.69) is 15.8 Å². The highest BCUT2D eigenvalue weighted by Crippen LogP contribution is 2.25. The molecule has 0 spiro atoms. The zero-order chi connectivity index (χ0) is 19.6. The number of carbonyl (C=O) groups excluding carboxylic acids is 2. The summed E-state index contributed by atoms with van der Waals surface area (Å²) in [7, 11) is 1.51. The smallest absolute Gasteiger partial charge is 0.270 e. The van der Waals surface area contributed by atoms with Crippen molar-refractivity contribution >= 4 is 23.7 Å². The van der Waals surface area contributed by atoms with Crippen LogP contribution in [0.4, 0.5) is 5.69 Å². The van der Waals surface area contributed by atoms with Crippen molar-refractivity contribution in [3.05, 3.63) is 52.3 Å². The molecule has 0 fully saturated rings. The highest BCUT2D eigenvalue weighted by atomic mass is 16.6. The lowest BCUT2D eigenvalue weighted by Gasteiger charge is -2.03. The maximum Gasteiger partial charge on any atom is 0.270 e. The van der Waals surface area contributed by atoms with Crippen molar-refractivity contribution in [3.63, 3.8) is 0 Å². The fourth-order valence-electron chi connectivity index (χ4n) is 2.06. The molecule has 0 aliphatic rings. The number of methoxy groups -OCH3 is 1. The first-order chi connectivity index (χ1) is 13.0. The topological polar surface area (TPSA) is 136 Å². The van der Waals surface area contributed by atoms with E-state index < -0.39 is 16.7 Å². The quantitative estimate of drug-likeness (QED) is 0.224. The zero-order valence-electron chi connectivity index (χ0n) is 14.5. The Morgan fingerprint density at radius 2 is 2.11 bits per heavy atom. The Kier molecular flexibility index (Phi) is 7.20. The second-order valence-corrected chi connectivity index (χ2v) is 5.32. The minimum atomic E-state index is -0.577. The van der Waals surface area contributed by atoms with Gasteiger partial charge < -0.3 is 14.5 Å². The molecule has 2 N–H and O–H groups in total. The number of hydrogen-bond donors (Lipinski definition) is 2. The number of rotatable bonds is 9. The van der Waals surface area contributed by atoms with Crippen LogP contribution in [0.1, 0.15) is 12.2 Å². The summed E-state index contributed by atoms with van der Waals surface area (Å²) in [5.74, 6) is -0.261. The first kappa shape index (κ1) is 19.8. The third-order valence-electron chi connectivity index (χ3n) is 3.30. The van der Waals surface area contributed by atoms with E-state index in [0.29, 0.717) is 30.2 Å². The lowest BCUT2D eigenvalue weighted by atomic mass is 10.1. The number of carbonyl (C=O) groups is 2. The van der Waals surface area contributed by atoms with Crippen LogP contribution < -0.4 is 10.7 Å². The van der Waals surface area contributed by atoms with Crippen LogP contribution >= 0.6 is 0 Å². The van der Waals surface area contributed by atoms with Gasteiger partial charge in [0.1, 0.15) is 17.9 Å². The average molecular weight is 374 g/mol. The third kappa shape index (κ3) is 6.36. The summed E-state index contributed by atoms with van der Waals surface area (Å²) in [5.41, 5.74) is 2.71. The number of hydrazone groups is 1. The van der Waals surface area contributed by atoms with Crippen LogP contribution in [0.15, 0.2) is 45.9 Å². The highest BCUT2D eigenvalue weighted by molar-refractivity contribution is 5.97. The Morgan fingerprint density at radius 1 is 1.30 bits per heavy atom. The van der Waals surface area contributed by atoms with Crippen molar-refractivity contribution in [2.24, 2.45) is 5.10 Å². The summed E-state index contributed by atoms with van der Waals surface area (Å²) in [6.07, 6.45) is 0.903. The summed E-state index contributed by atoms with van der Waals surface area (Å²) in [6, 6.07) is 9.24. The van der Waals surface area contributed by atoms with E-state index >= 15 is 0 Å². The predicted octanol–water partition coefficient (Wildman–Crippen LogP) is 1.46. The second-order valence-electron chi connectivity index (χ2n) is 5.32. The Hall–Kier alpha value is -3.53. The molecular formula is C17H18N4O6. The summed E-state index contributed by atoms with van der Waals surface area (Å²) in [4.78, 5) is 33.4. The molecule has 1 heterocycles. The lowest BCUT2D eigenvalue weighted by molar-refractivity contribution is -0.384. The fraction of sp³-hybridized carbons (Fsp3) is 0.235. The van der Waals surface area contributed by atoms with Gasteiger partial charge in [-0.05, 0) is 12.1 Å². The van der Waals surface area contributed by atoms with Crippen LogP contribution in [0.2, 0.25) is 0 Å². The molecular weight excluding hydrogens is 356 g/mol. The number of benzene rings is 1. The van der Waals surface area contributed by atoms with Gasteiger partial charge in [-0.15, -0.1) is 0 Å². The fourth-order valence-corrected chi connectivity index (χ4v) is 2.06. The number of hydrogen-bond acceptors (Lipinski definition) is 7. The van der Waals surface area contributed by atoms with Crippen molar-refractivity contribution in [2.75, 3.05) is 20.3 Å². The van der Waals surface area contributed by atoms with Gasteiger partial charge in [0.25, 0.3) is 5.69 Å². The van der Waals surface area contributed by atoms with E-state index in [-0.39, 0.29) is 12.1 Å². The number of nitro benzene ring substituents is 1. The zero-order valence-corrected chi connectivity index (χ0v) is 14.5. The number of nitrogens with zero attached hydrogens (tertiary/aromatic N) is 2. The normalized spacial score (nSPS) is 10.7. The van der Waals surface area contributed by atoms with Crippen LogP contribution in [-0.4, -0.2) is 43.2 Å². The molecule has 0 aliphatic carbocycles. The van der Waals surface area contributed by atoms with Gasteiger partial charge in [-0.25, -0.2) is 5.43 Å². The molecule has 0 bridgehead atoms. The summed E-state index contributed by atoms with van der Waals surface area (Å²) < 4.78 is 10.3. The van der Waals surface area contributed by atoms with Gasteiger partial charge >= 0.3 is 0 Å². The third-order valence-corrected chi connectivity index (χ3v) is 3.30. The minimum absolute atomic E-state index is 0.0462. The first-order valence-corrected chi connectivity index (χ1v) is 7.92. The van der Waals surface area contributed by atoms with E-state index in [1.165, 1.54) is 25.5 Å². The van der Waals surface area contributed by atoms with Crippen molar-refractivity contribution < 1.29 is 23.7 Å². The number of furan rings is 1. The van der Waals surface area contributed by atoms with E-state index in [1.807, 2.05) is 0 Å². The predicted molar refractivity (Wildman–Crippen MR) is 96.0 cm³/mol. The highest BCUT2D eigenvalue weighted by Gasteiger charge is 2.10. The molecule has 0 radical (unpaired) electrons. The summed E-state index contributed by atoms with van der Waals surface area (Å²) in [6.45, 7) is 0.676. The standard InChI is InChI=1S/C17H18N4O6/c1-26-8-7-18-16(22)10-17(23)20-19-11-14-5-6-15(27-14)12-3-2-4-13(9-12)21(24)25/h2-6,9,11H,7-8,10H2,1H3,(H,18,22)(H,20,23)/b19-11-. The largest absolute Gasteiger partial charge is 0.455 e. The second kappa shape index (κ2) is 9.82. The SMILES string of the molecule is COCCNC(=O)CC(=O)N/N=C\c1ccc(-c2cccc([N+](=O)[O-])c2)o1. The molecule has 0 unspecified atom stereocenters. The molecule has 0 saturated heterocycles. The van der Waals surface area contributed by atoms with Gasteiger partial charge in [-0.3, -0.25) is 19.7 Å². The molecule has 142 valence electrons. The molecule has 27 heavy (non-hydrogen) atoms. The van der Waals surface area contributed by atoms with Crippen molar-refractivity contribution in [1.82, 2.24) is 10.7 Å². The number of non-ortho nitro benzene ring substituents is 1. The van der Waals surface area contributed by atoms with Gasteiger partial charge in [-0.2, -0.15) is 5.10 Å². The van der Waals surface area contributed by atoms with Crippen molar-refractivity contribution in [1.29, 1.82) is 0 Å². The van der Waals surface area contributed by atoms with Gasteiger partial charge in [0.05, 0.1) is 17.7 Å². The first-order valence-electron chi connectivity index (χ1n) is 7.92. The van der Waals surface area contributed by atoms with Crippen LogP contribution in [-0.2, 0) is 14.3 Å². The van der Waals surface area contributed by atoms with Crippen molar-refractivity contribution in [3.8, 4) is 11.3 Å². The van der Waals surface area contributed by atoms with E-state index in [1.54, 1.807) is 24.3 Å². The Morgan fingerprint density at radius 3 is 2.85 bits per heavy atom. The molecule has 1 aromatic heterocycles. The van der Waals surface area contributed by atoms with E-state index in [0.717, 1.165) is 0 Å². The monoisotopic (exact) mass is 374 g/mol. The molecule has 10 heteroatoms. The van der Waals surface area contributed by atoms with Gasteiger partial charge in [0.15, 0.2) is 0 Å². The molecule has 2 rings (SSSR count). The lowest BCUT2D eigenvalue weighted by Crippen LogP contribution is -2.31. The van der Waals surface area contributed by atoms with Crippen LogP contribution in [0, 0.1) is 10.1 Å². The molecule has 0 atom stereocenters. The van der Waals surface area contributed by atoms with E-state index in [4.69, 9.17) is 9.15 Å². The van der Waals surface area contributed by atoms with Gasteiger partial charge in [-0.1, -0.05) is 12.1 Å². The number of ether oxygens (including phenoxy) is 1. The molecule has 0 aliphatic heterocycles. The number of amides is 2. The van der Waals surface area contributed by atoms with Gasteiger partial charge in [0.2, 0.25) is 11.8 Å². The average Bonchev–Trinajstić information content (AvgIpc) is 3.11. The molecule has 1 aromatic carbocycles. The van der Waals surface area contributed by atoms with Crippen LogP contribution in [0.5, 0.6) is 0 Å². The molecule has 2 amide bonds. The number of nitro groups is 1. The Bertz CT molecular complexity index is 845. The van der Waals surface area contributed by atoms with Crippen molar-refractivity contribution in [2.45, 2.75) is 6.42 Å². The molecule has 2 aromatic rings. The number of nitrogens with one attached hydrogen (secondary N) is 2. The van der Waals surface area contributed by atoms with E-state index in [9.17, 15) is 19.7 Å². The van der Waals surface area contributed by atoms with Gasteiger partial charge in [0, 0.05) is 31.4 Å².